The van der Waals surface area contributed by atoms with Crippen molar-refractivity contribution in [3.8, 4) is 5.75 Å². The van der Waals surface area contributed by atoms with Gasteiger partial charge in [0, 0.05) is 13.0 Å². The summed E-state index contributed by atoms with van der Waals surface area (Å²) in [7, 11) is 0. The van der Waals surface area contributed by atoms with Crippen molar-refractivity contribution >= 4 is 23.7 Å². The maximum absolute atomic E-state index is 13.0. The smallest absolute Gasteiger partial charge is 0.326 e. The Labute approximate surface area is 203 Å². The van der Waals surface area contributed by atoms with Gasteiger partial charge in [-0.05, 0) is 42.5 Å². The molecule has 0 aliphatic carbocycles. The third kappa shape index (κ3) is 9.72. The van der Waals surface area contributed by atoms with Crippen molar-refractivity contribution in [2.75, 3.05) is 6.54 Å². The van der Waals surface area contributed by atoms with Crippen LogP contribution in [0.2, 0.25) is 0 Å². The van der Waals surface area contributed by atoms with E-state index in [4.69, 9.17) is 16.9 Å². The van der Waals surface area contributed by atoms with Gasteiger partial charge >= 0.3 is 5.97 Å². The molecule has 0 aliphatic heterocycles. The van der Waals surface area contributed by atoms with Crippen LogP contribution in [-0.2, 0) is 27.2 Å². The minimum absolute atomic E-state index is 0.0782. The van der Waals surface area contributed by atoms with Crippen molar-refractivity contribution in [1.29, 1.82) is 5.41 Å². The van der Waals surface area contributed by atoms with Gasteiger partial charge in [-0.2, -0.15) is 0 Å². The summed E-state index contributed by atoms with van der Waals surface area (Å²) in [6, 6.07) is 11.9. The summed E-state index contributed by atoms with van der Waals surface area (Å²) in [5, 5.41) is 34.0. The van der Waals surface area contributed by atoms with Crippen LogP contribution in [0.15, 0.2) is 54.6 Å². The number of aromatic hydroxyl groups is 1. The Morgan fingerprint density at radius 3 is 2.09 bits per heavy atom. The lowest BCUT2D eigenvalue weighted by atomic mass is 10.0. The van der Waals surface area contributed by atoms with E-state index < -0.39 is 35.9 Å². The summed E-state index contributed by atoms with van der Waals surface area (Å²) >= 11 is 0. The van der Waals surface area contributed by atoms with Crippen LogP contribution >= 0.6 is 0 Å². The molecule has 0 bridgehead atoms. The van der Waals surface area contributed by atoms with Crippen LogP contribution in [0.1, 0.15) is 24.0 Å². The van der Waals surface area contributed by atoms with E-state index in [-0.39, 0.29) is 31.0 Å². The summed E-state index contributed by atoms with van der Waals surface area (Å²) in [4.78, 5) is 37.5. The molecule has 0 spiro atoms. The lowest BCUT2D eigenvalue weighted by Gasteiger charge is -2.23. The second-order valence-electron chi connectivity index (χ2n) is 8.11. The molecule has 3 atom stereocenters. The van der Waals surface area contributed by atoms with E-state index >= 15 is 0 Å². The van der Waals surface area contributed by atoms with Crippen LogP contribution < -0.4 is 27.4 Å². The van der Waals surface area contributed by atoms with Crippen LogP contribution in [-0.4, -0.2) is 58.6 Å². The first kappa shape index (κ1) is 27.1. The number of carboxylic acid groups (broad SMARTS) is 1. The molecule has 0 aliphatic rings. The minimum atomic E-state index is -1.20. The first-order valence-corrected chi connectivity index (χ1v) is 11.1. The zero-order valence-electron chi connectivity index (χ0n) is 19.2. The third-order valence-electron chi connectivity index (χ3n) is 5.24. The number of carbonyl (C=O) groups is 3. The summed E-state index contributed by atoms with van der Waals surface area (Å²) in [5.74, 6) is -2.56. The Balaban J connectivity index is 2.06. The van der Waals surface area contributed by atoms with Crippen molar-refractivity contribution in [3.63, 3.8) is 0 Å². The van der Waals surface area contributed by atoms with Gasteiger partial charge in [-0.15, -0.1) is 0 Å². The zero-order valence-corrected chi connectivity index (χ0v) is 19.2. The fourth-order valence-electron chi connectivity index (χ4n) is 3.38. The number of carboxylic acids is 1. The number of amides is 2. The molecule has 0 saturated carbocycles. The number of nitrogens with two attached hydrogens (primary N) is 2. The number of phenolic OH excluding ortho intramolecular Hbond substituents is 1. The zero-order chi connectivity index (χ0) is 25.8. The molecule has 11 heteroatoms. The van der Waals surface area contributed by atoms with Gasteiger partial charge in [0.15, 0.2) is 5.96 Å². The molecule has 0 saturated heterocycles. The van der Waals surface area contributed by atoms with E-state index in [1.54, 1.807) is 42.5 Å². The van der Waals surface area contributed by atoms with E-state index in [1.807, 2.05) is 0 Å². The number of guanidine groups is 1. The lowest BCUT2D eigenvalue weighted by molar-refractivity contribution is -0.142. The average Bonchev–Trinajstić information content (AvgIpc) is 2.82. The Bertz CT molecular complexity index is 999. The molecule has 0 fully saturated rings. The van der Waals surface area contributed by atoms with Crippen molar-refractivity contribution in [2.24, 2.45) is 11.5 Å². The number of rotatable bonds is 13. The molecule has 0 unspecified atom stereocenters. The molecule has 2 aromatic rings. The SMILES string of the molecule is N=C(N)NCCC[C@@H](NC(=O)[C@@H](N)Cc1ccc(O)cc1)C(=O)N[C@@H](Cc1ccccc1)C(=O)O. The topological polar surface area (TPSA) is 204 Å². The van der Waals surface area contributed by atoms with Gasteiger partial charge in [0.25, 0.3) is 0 Å². The van der Waals surface area contributed by atoms with Crippen molar-refractivity contribution in [1.82, 2.24) is 16.0 Å². The molecule has 188 valence electrons. The molecule has 2 rings (SSSR count). The Kier molecular flexibility index (Phi) is 10.5. The Hall–Kier alpha value is -4.12. The molecule has 0 heterocycles. The number of phenols is 1. The summed E-state index contributed by atoms with van der Waals surface area (Å²) in [6.07, 6.45) is 0.802. The van der Waals surface area contributed by atoms with E-state index in [2.05, 4.69) is 16.0 Å². The Morgan fingerprint density at radius 2 is 1.49 bits per heavy atom. The quantitative estimate of drug-likeness (QED) is 0.109. The second-order valence-corrected chi connectivity index (χ2v) is 8.11. The maximum atomic E-state index is 13.0. The highest BCUT2D eigenvalue weighted by Crippen LogP contribution is 2.11. The summed E-state index contributed by atoms with van der Waals surface area (Å²) in [6.45, 7) is 0.293. The number of aliphatic carboxylic acids is 1. The van der Waals surface area contributed by atoms with Crippen LogP contribution in [0.3, 0.4) is 0 Å². The normalized spacial score (nSPS) is 13.2. The fraction of sp³-hybridized carbons (Fsp3) is 0.333. The molecular formula is C24H32N6O5. The predicted octanol–water partition coefficient (Wildman–Crippen LogP) is -0.178. The lowest BCUT2D eigenvalue weighted by Crippen LogP contribution is -2.55. The second kappa shape index (κ2) is 13.6. The van der Waals surface area contributed by atoms with E-state index in [0.29, 0.717) is 13.0 Å². The molecule has 2 amide bonds. The van der Waals surface area contributed by atoms with Gasteiger partial charge in [-0.25, -0.2) is 4.79 Å². The first-order chi connectivity index (χ1) is 16.7. The fourth-order valence-corrected chi connectivity index (χ4v) is 3.38. The number of hydrogen-bond acceptors (Lipinski definition) is 6. The van der Waals surface area contributed by atoms with Gasteiger partial charge in [0.05, 0.1) is 6.04 Å². The Morgan fingerprint density at radius 1 is 0.886 bits per heavy atom. The van der Waals surface area contributed by atoms with Gasteiger partial charge in [-0.3, -0.25) is 15.0 Å². The average molecular weight is 485 g/mol. The van der Waals surface area contributed by atoms with Crippen LogP contribution in [0.25, 0.3) is 0 Å². The molecule has 0 aromatic heterocycles. The van der Waals surface area contributed by atoms with Crippen LogP contribution in [0.4, 0.5) is 0 Å². The number of benzene rings is 2. The monoisotopic (exact) mass is 484 g/mol. The van der Waals surface area contributed by atoms with Gasteiger partial charge < -0.3 is 37.6 Å². The van der Waals surface area contributed by atoms with Crippen LogP contribution in [0, 0.1) is 5.41 Å². The van der Waals surface area contributed by atoms with Crippen LogP contribution in [0.5, 0.6) is 5.75 Å². The highest BCUT2D eigenvalue weighted by atomic mass is 16.4. The predicted molar refractivity (Wildman–Crippen MR) is 131 cm³/mol. The number of nitrogens with one attached hydrogen (secondary N) is 4. The highest BCUT2D eigenvalue weighted by molar-refractivity contribution is 5.92. The van der Waals surface area contributed by atoms with E-state index in [0.717, 1.165) is 11.1 Å². The molecule has 10 N–H and O–H groups in total. The van der Waals surface area contributed by atoms with Gasteiger partial charge in [0.1, 0.15) is 17.8 Å². The first-order valence-electron chi connectivity index (χ1n) is 11.1. The van der Waals surface area contributed by atoms with E-state index in [1.165, 1.54) is 12.1 Å². The summed E-state index contributed by atoms with van der Waals surface area (Å²) in [5.41, 5.74) is 12.8. The van der Waals surface area contributed by atoms with Gasteiger partial charge in [-0.1, -0.05) is 42.5 Å². The van der Waals surface area contributed by atoms with Crippen molar-refractivity contribution in [2.45, 2.75) is 43.8 Å². The molecular weight excluding hydrogens is 452 g/mol. The standard InChI is InChI=1S/C24H32N6O5/c25-18(13-16-8-10-17(31)11-9-16)21(32)29-19(7-4-12-28-24(26)27)22(33)30-20(23(34)35)14-15-5-2-1-3-6-15/h1-3,5-6,8-11,18-20,31H,4,7,12-14,25H2,(H,29,32)(H,30,33)(H,34,35)(H4,26,27,28)/t18-,19+,20-/m0/s1. The van der Waals surface area contributed by atoms with Crippen molar-refractivity contribution < 1.29 is 24.6 Å². The largest absolute Gasteiger partial charge is 0.508 e. The van der Waals surface area contributed by atoms with Crippen molar-refractivity contribution in [3.05, 3.63) is 65.7 Å². The number of carbonyl (C=O) groups excluding carboxylic acids is 2. The maximum Gasteiger partial charge on any atom is 0.326 e. The molecule has 0 radical (unpaired) electrons. The summed E-state index contributed by atoms with van der Waals surface area (Å²) < 4.78 is 0. The van der Waals surface area contributed by atoms with E-state index in [9.17, 15) is 24.6 Å². The third-order valence-corrected chi connectivity index (χ3v) is 5.24. The minimum Gasteiger partial charge on any atom is -0.508 e. The van der Waals surface area contributed by atoms with Gasteiger partial charge in [0.2, 0.25) is 11.8 Å². The molecule has 35 heavy (non-hydrogen) atoms. The highest BCUT2D eigenvalue weighted by Gasteiger charge is 2.28. The molecule has 11 nitrogen and oxygen atoms in total. The molecule has 2 aromatic carbocycles. The number of hydrogen-bond donors (Lipinski definition) is 8.